The van der Waals surface area contributed by atoms with Gasteiger partial charge in [-0.15, -0.1) is 11.3 Å². The number of aromatic nitrogens is 2. The Balaban J connectivity index is 1.46. The highest BCUT2D eigenvalue weighted by Gasteiger charge is 2.15. The monoisotopic (exact) mass is 483 g/mol. The molecule has 4 rings (SSSR count). The SMILES string of the molecule is CCOC(=O)c1ccc(NC(=O)CSc2ncnc3scc(-c4ccc(Cl)cc4)c23)cc1. The lowest BCUT2D eigenvalue weighted by Crippen LogP contribution is -2.14. The van der Waals surface area contributed by atoms with Gasteiger partial charge in [-0.1, -0.05) is 35.5 Å². The predicted molar refractivity (Wildman–Crippen MR) is 130 cm³/mol. The molecule has 0 saturated carbocycles. The van der Waals surface area contributed by atoms with Crippen molar-refractivity contribution in [1.29, 1.82) is 0 Å². The summed E-state index contributed by atoms with van der Waals surface area (Å²) in [5.41, 5.74) is 3.08. The number of thiophene rings is 1. The summed E-state index contributed by atoms with van der Waals surface area (Å²) in [5.74, 6) is -0.378. The maximum atomic E-state index is 12.5. The molecule has 0 atom stereocenters. The maximum absolute atomic E-state index is 12.5. The number of benzene rings is 2. The maximum Gasteiger partial charge on any atom is 0.338 e. The molecule has 0 aliphatic heterocycles. The first-order valence-electron chi connectivity index (χ1n) is 9.73. The lowest BCUT2D eigenvalue weighted by Gasteiger charge is -2.08. The van der Waals surface area contributed by atoms with Crippen molar-refractivity contribution in [3.63, 3.8) is 0 Å². The van der Waals surface area contributed by atoms with E-state index in [-0.39, 0.29) is 17.6 Å². The van der Waals surface area contributed by atoms with E-state index in [1.807, 2.05) is 29.6 Å². The van der Waals surface area contributed by atoms with Gasteiger partial charge < -0.3 is 10.1 Å². The molecule has 0 unspecified atom stereocenters. The van der Waals surface area contributed by atoms with E-state index in [9.17, 15) is 9.59 Å². The number of esters is 1. The molecule has 0 bridgehead atoms. The second-order valence-electron chi connectivity index (χ2n) is 6.65. The molecule has 0 aliphatic carbocycles. The second-order valence-corrected chi connectivity index (χ2v) is 8.91. The molecule has 0 saturated heterocycles. The highest BCUT2D eigenvalue weighted by Crippen LogP contribution is 2.38. The van der Waals surface area contributed by atoms with Crippen LogP contribution in [0.1, 0.15) is 17.3 Å². The van der Waals surface area contributed by atoms with Gasteiger partial charge in [0.05, 0.1) is 23.3 Å². The van der Waals surface area contributed by atoms with E-state index in [0.29, 0.717) is 22.9 Å². The molecule has 2 aromatic heterocycles. The average molecular weight is 484 g/mol. The number of hydrogen-bond donors (Lipinski definition) is 1. The summed E-state index contributed by atoms with van der Waals surface area (Å²) in [6, 6.07) is 14.2. The van der Waals surface area contributed by atoms with Crippen molar-refractivity contribution < 1.29 is 14.3 Å². The van der Waals surface area contributed by atoms with E-state index in [0.717, 1.165) is 26.4 Å². The molecule has 4 aromatic rings. The van der Waals surface area contributed by atoms with Crippen LogP contribution in [0.2, 0.25) is 5.02 Å². The fraction of sp³-hybridized carbons (Fsp3) is 0.130. The summed E-state index contributed by atoms with van der Waals surface area (Å²) in [5, 5.41) is 7.22. The van der Waals surface area contributed by atoms with Crippen molar-refractivity contribution in [3.05, 3.63) is 70.8 Å². The molecular weight excluding hydrogens is 466 g/mol. The Bertz CT molecular complexity index is 1260. The molecule has 2 heterocycles. The number of hydrogen-bond acceptors (Lipinski definition) is 7. The van der Waals surface area contributed by atoms with E-state index in [4.69, 9.17) is 16.3 Å². The van der Waals surface area contributed by atoms with Gasteiger partial charge in [-0.3, -0.25) is 4.79 Å². The zero-order chi connectivity index (χ0) is 22.5. The van der Waals surface area contributed by atoms with Crippen LogP contribution in [0.4, 0.5) is 5.69 Å². The molecule has 0 aliphatic rings. The first-order valence-corrected chi connectivity index (χ1v) is 12.0. The summed E-state index contributed by atoms with van der Waals surface area (Å²) in [6.45, 7) is 2.07. The van der Waals surface area contributed by atoms with Crippen LogP contribution in [-0.4, -0.2) is 34.2 Å². The number of anilines is 1. The van der Waals surface area contributed by atoms with Gasteiger partial charge in [-0.2, -0.15) is 0 Å². The summed E-state index contributed by atoms with van der Waals surface area (Å²) >= 11 is 8.91. The highest BCUT2D eigenvalue weighted by molar-refractivity contribution is 8.00. The standard InChI is InChI=1S/C23H18ClN3O3S2/c1-2-30-23(29)15-5-9-17(10-6-15)27-19(28)12-32-22-20-18(11-31-21(20)25-13-26-22)14-3-7-16(24)8-4-14/h3-11,13H,2,12H2,1H3,(H,27,28). The molecule has 9 heteroatoms. The van der Waals surface area contributed by atoms with Gasteiger partial charge in [-0.05, 0) is 48.9 Å². The van der Waals surface area contributed by atoms with Crippen LogP contribution < -0.4 is 5.32 Å². The molecule has 0 fully saturated rings. The predicted octanol–water partition coefficient (Wildman–Crippen LogP) is 5.92. The van der Waals surface area contributed by atoms with Crippen molar-refractivity contribution in [2.24, 2.45) is 0 Å². The fourth-order valence-corrected chi connectivity index (χ4v) is 4.95. The third kappa shape index (κ3) is 5.09. The van der Waals surface area contributed by atoms with Gasteiger partial charge in [-0.25, -0.2) is 14.8 Å². The van der Waals surface area contributed by atoms with Crippen molar-refractivity contribution in [2.75, 3.05) is 17.7 Å². The number of halogens is 1. The van der Waals surface area contributed by atoms with Crippen LogP contribution in [0.3, 0.4) is 0 Å². The van der Waals surface area contributed by atoms with Gasteiger partial charge in [0.15, 0.2) is 0 Å². The zero-order valence-electron chi connectivity index (χ0n) is 17.0. The van der Waals surface area contributed by atoms with Crippen LogP contribution >= 0.6 is 34.7 Å². The van der Waals surface area contributed by atoms with Crippen LogP contribution in [0.25, 0.3) is 21.3 Å². The Morgan fingerprint density at radius 1 is 1.09 bits per heavy atom. The Morgan fingerprint density at radius 3 is 2.56 bits per heavy atom. The molecule has 2 aromatic carbocycles. The number of nitrogens with one attached hydrogen (secondary N) is 1. The number of carbonyl (C=O) groups is 2. The number of thioether (sulfide) groups is 1. The van der Waals surface area contributed by atoms with Crippen LogP contribution in [0.15, 0.2) is 65.3 Å². The highest BCUT2D eigenvalue weighted by atomic mass is 35.5. The summed E-state index contributed by atoms with van der Waals surface area (Å²) in [4.78, 5) is 33.9. The van der Waals surface area contributed by atoms with Gasteiger partial charge in [0.2, 0.25) is 5.91 Å². The minimum atomic E-state index is -0.388. The Kier molecular flexibility index (Phi) is 7.04. The quantitative estimate of drug-likeness (QED) is 0.199. The molecule has 1 amide bonds. The number of carbonyl (C=O) groups excluding carboxylic acids is 2. The fourth-order valence-electron chi connectivity index (χ4n) is 3.03. The molecular formula is C23H18ClN3O3S2. The van der Waals surface area contributed by atoms with Gasteiger partial charge in [0.25, 0.3) is 0 Å². The number of amides is 1. The van der Waals surface area contributed by atoms with Crippen LogP contribution in [0.5, 0.6) is 0 Å². The van der Waals surface area contributed by atoms with Crippen molar-refractivity contribution in [3.8, 4) is 11.1 Å². The largest absolute Gasteiger partial charge is 0.462 e. The topological polar surface area (TPSA) is 81.2 Å². The van der Waals surface area contributed by atoms with E-state index in [1.54, 1.807) is 31.2 Å². The first-order chi connectivity index (χ1) is 15.5. The Labute approximate surface area is 198 Å². The summed E-state index contributed by atoms with van der Waals surface area (Å²) < 4.78 is 4.96. The minimum Gasteiger partial charge on any atom is -0.462 e. The first kappa shape index (κ1) is 22.3. The van der Waals surface area contributed by atoms with Crippen molar-refractivity contribution in [1.82, 2.24) is 9.97 Å². The third-order valence-corrected chi connectivity index (χ3v) is 6.64. The zero-order valence-corrected chi connectivity index (χ0v) is 19.4. The van der Waals surface area contributed by atoms with E-state index in [1.165, 1.54) is 29.4 Å². The Hall–Kier alpha value is -2.94. The van der Waals surface area contributed by atoms with Crippen LogP contribution in [0, 0.1) is 0 Å². The van der Waals surface area contributed by atoms with Crippen molar-refractivity contribution >= 4 is 62.5 Å². The number of fused-ring (bicyclic) bond motifs is 1. The lowest BCUT2D eigenvalue weighted by molar-refractivity contribution is -0.113. The van der Waals surface area contributed by atoms with Gasteiger partial charge >= 0.3 is 5.97 Å². The average Bonchev–Trinajstić information content (AvgIpc) is 3.24. The Morgan fingerprint density at radius 2 is 1.84 bits per heavy atom. The molecule has 6 nitrogen and oxygen atoms in total. The van der Waals surface area contributed by atoms with Crippen molar-refractivity contribution in [2.45, 2.75) is 11.9 Å². The number of rotatable bonds is 7. The number of nitrogens with zero attached hydrogens (tertiary/aromatic N) is 2. The summed E-state index contributed by atoms with van der Waals surface area (Å²) in [7, 11) is 0. The van der Waals surface area contributed by atoms with Gasteiger partial charge in [0.1, 0.15) is 16.2 Å². The number of ether oxygens (including phenoxy) is 1. The molecule has 1 N–H and O–H groups in total. The third-order valence-electron chi connectivity index (χ3n) is 4.51. The van der Waals surface area contributed by atoms with E-state index < -0.39 is 0 Å². The van der Waals surface area contributed by atoms with E-state index >= 15 is 0 Å². The van der Waals surface area contributed by atoms with E-state index in [2.05, 4.69) is 15.3 Å². The molecule has 0 spiro atoms. The smallest absolute Gasteiger partial charge is 0.338 e. The minimum absolute atomic E-state index is 0.172. The second kappa shape index (κ2) is 10.1. The lowest BCUT2D eigenvalue weighted by atomic mass is 10.1. The molecule has 162 valence electrons. The normalized spacial score (nSPS) is 10.8. The summed E-state index contributed by atoms with van der Waals surface area (Å²) in [6.07, 6.45) is 1.51. The van der Waals surface area contributed by atoms with Crippen LogP contribution in [-0.2, 0) is 9.53 Å². The van der Waals surface area contributed by atoms with Gasteiger partial charge in [0, 0.05) is 21.7 Å². The molecule has 32 heavy (non-hydrogen) atoms. The molecule has 0 radical (unpaired) electrons.